The maximum Gasteiger partial charge on any atom is 0.250 e. The monoisotopic (exact) mass is 229 g/mol. The molecule has 5 nitrogen and oxygen atoms in total. The minimum Gasteiger partial charge on any atom is -0.316 e. The molecule has 0 radical (unpaired) electrons. The minimum atomic E-state index is 0.636. The van der Waals surface area contributed by atoms with Crippen LogP contribution in [0.25, 0.3) is 5.95 Å². The van der Waals surface area contributed by atoms with Crippen LogP contribution in [0.1, 0.15) is 30.0 Å². The predicted molar refractivity (Wildman–Crippen MR) is 63.9 cm³/mol. The van der Waals surface area contributed by atoms with Gasteiger partial charge in [0.1, 0.15) is 0 Å². The Bertz CT molecular complexity index is 498. The Morgan fingerprint density at radius 3 is 2.76 bits per heavy atom. The van der Waals surface area contributed by atoms with E-state index in [2.05, 4.69) is 26.4 Å². The lowest BCUT2D eigenvalue weighted by Crippen LogP contribution is -2.08. The number of aromatic nitrogens is 4. The van der Waals surface area contributed by atoms with E-state index in [-0.39, 0.29) is 0 Å². The van der Waals surface area contributed by atoms with Crippen molar-refractivity contribution < 1.29 is 0 Å². The Kier molecular flexibility index (Phi) is 2.60. The van der Waals surface area contributed by atoms with E-state index in [0.29, 0.717) is 11.9 Å². The molecule has 3 rings (SSSR count). The predicted octanol–water partition coefficient (Wildman–Crippen LogP) is 1.26. The van der Waals surface area contributed by atoms with E-state index < -0.39 is 0 Å². The molecule has 1 aliphatic rings. The molecule has 1 N–H and O–H groups in total. The van der Waals surface area contributed by atoms with E-state index in [0.717, 1.165) is 17.8 Å². The Hall–Kier alpha value is -1.75. The third kappa shape index (κ3) is 2.19. The molecule has 2 heterocycles. The van der Waals surface area contributed by atoms with Gasteiger partial charge in [-0.05, 0) is 26.0 Å². The average molecular weight is 229 g/mol. The van der Waals surface area contributed by atoms with Gasteiger partial charge >= 0.3 is 0 Å². The van der Waals surface area contributed by atoms with Crippen LogP contribution in [-0.2, 0) is 6.54 Å². The first kappa shape index (κ1) is 10.4. The first-order valence-corrected chi connectivity index (χ1v) is 5.88. The van der Waals surface area contributed by atoms with Gasteiger partial charge in [-0.2, -0.15) is 5.10 Å². The van der Waals surface area contributed by atoms with Crippen LogP contribution in [0.4, 0.5) is 0 Å². The summed E-state index contributed by atoms with van der Waals surface area (Å²) in [5, 5.41) is 7.56. The van der Waals surface area contributed by atoms with Crippen molar-refractivity contribution in [3.63, 3.8) is 0 Å². The molecule has 5 heteroatoms. The lowest BCUT2D eigenvalue weighted by Gasteiger charge is -2.01. The second-order valence-electron chi connectivity index (χ2n) is 4.38. The molecule has 2 aromatic rings. The molecular formula is C12H15N5. The summed E-state index contributed by atoms with van der Waals surface area (Å²) >= 11 is 0. The highest BCUT2D eigenvalue weighted by Crippen LogP contribution is 2.38. The fourth-order valence-corrected chi connectivity index (χ4v) is 1.81. The van der Waals surface area contributed by atoms with Crippen LogP contribution in [0, 0.1) is 0 Å². The molecule has 1 saturated carbocycles. The Morgan fingerprint density at radius 2 is 2.12 bits per heavy atom. The fourth-order valence-electron chi connectivity index (χ4n) is 1.81. The number of nitrogens with zero attached hydrogens (tertiary/aromatic N) is 4. The molecule has 88 valence electrons. The summed E-state index contributed by atoms with van der Waals surface area (Å²) in [4.78, 5) is 8.62. The van der Waals surface area contributed by atoms with Gasteiger partial charge in [-0.15, -0.1) is 0 Å². The van der Waals surface area contributed by atoms with E-state index in [1.165, 1.54) is 12.8 Å². The van der Waals surface area contributed by atoms with Crippen molar-refractivity contribution in [1.82, 2.24) is 25.1 Å². The quantitative estimate of drug-likeness (QED) is 0.857. The second-order valence-corrected chi connectivity index (χ2v) is 4.38. The molecule has 0 spiro atoms. The summed E-state index contributed by atoms with van der Waals surface area (Å²) in [7, 11) is 1.91. The first-order valence-electron chi connectivity index (χ1n) is 5.88. The minimum absolute atomic E-state index is 0.636. The van der Waals surface area contributed by atoms with Crippen LogP contribution in [0.2, 0.25) is 0 Å². The highest BCUT2D eigenvalue weighted by molar-refractivity contribution is 5.18. The summed E-state index contributed by atoms with van der Waals surface area (Å²) in [6, 6.07) is 2.06. The number of hydrogen-bond donors (Lipinski definition) is 1. The van der Waals surface area contributed by atoms with Crippen LogP contribution in [0.3, 0.4) is 0 Å². The standard InChI is InChI=1S/C12H15N5/c1-13-6-9-7-14-12(15-8-9)17-5-4-11(16-17)10-2-3-10/h4-5,7-8,10,13H,2-3,6H2,1H3. The number of nitrogens with one attached hydrogen (secondary N) is 1. The largest absolute Gasteiger partial charge is 0.316 e. The van der Waals surface area contributed by atoms with Gasteiger partial charge in [-0.1, -0.05) is 0 Å². The molecular weight excluding hydrogens is 214 g/mol. The van der Waals surface area contributed by atoms with Crippen LogP contribution < -0.4 is 5.32 Å². The molecule has 1 fully saturated rings. The van der Waals surface area contributed by atoms with Crippen LogP contribution in [0.5, 0.6) is 0 Å². The molecule has 2 aromatic heterocycles. The molecule has 0 bridgehead atoms. The highest BCUT2D eigenvalue weighted by Gasteiger charge is 2.26. The van der Waals surface area contributed by atoms with Crippen LogP contribution >= 0.6 is 0 Å². The molecule has 0 aliphatic heterocycles. The van der Waals surface area contributed by atoms with Crippen molar-refractivity contribution in [2.75, 3.05) is 7.05 Å². The summed E-state index contributed by atoms with van der Waals surface area (Å²) in [6.07, 6.45) is 8.12. The average Bonchev–Trinajstić information content (AvgIpc) is 3.09. The molecule has 1 aliphatic carbocycles. The van der Waals surface area contributed by atoms with Gasteiger partial charge in [0.05, 0.1) is 5.69 Å². The third-order valence-corrected chi connectivity index (χ3v) is 2.88. The molecule has 0 unspecified atom stereocenters. The van der Waals surface area contributed by atoms with Crippen LogP contribution in [0.15, 0.2) is 24.7 Å². The van der Waals surface area contributed by atoms with Gasteiger partial charge in [0.15, 0.2) is 0 Å². The van der Waals surface area contributed by atoms with Crippen LogP contribution in [-0.4, -0.2) is 26.8 Å². The van der Waals surface area contributed by atoms with Crippen molar-refractivity contribution in [1.29, 1.82) is 0 Å². The summed E-state index contributed by atoms with van der Waals surface area (Å²) in [5.74, 6) is 1.30. The SMILES string of the molecule is CNCc1cnc(-n2ccc(C3CC3)n2)nc1. The summed E-state index contributed by atoms with van der Waals surface area (Å²) in [5.41, 5.74) is 2.23. The van der Waals surface area contributed by atoms with Crippen molar-refractivity contribution in [2.45, 2.75) is 25.3 Å². The zero-order chi connectivity index (χ0) is 11.7. The summed E-state index contributed by atoms with van der Waals surface area (Å²) < 4.78 is 1.75. The van der Waals surface area contributed by atoms with Crippen molar-refractivity contribution in [2.24, 2.45) is 0 Å². The maximum atomic E-state index is 4.49. The van der Waals surface area contributed by atoms with Gasteiger partial charge in [0.2, 0.25) is 5.95 Å². The topological polar surface area (TPSA) is 55.6 Å². The van der Waals surface area contributed by atoms with Gasteiger partial charge < -0.3 is 5.32 Å². The van der Waals surface area contributed by atoms with Gasteiger partial charge in [0, 0.05) is 36.6 Å². The molecule has 17 heavy (non-hydrogen) atoms. The molecule has 0 aromatic carbocycles. The number of hydrogen-bond acceptors (Lipinski definition) is 4. The Balaban J connectivity index is 1.81. The Morgan fingerprint density at radius 1 is 1.35 bits per heavy atom. The zero-order valence-corrected chi connectivity index (χ0v) is 9.80. The van der Waals surface area contributed by atoms with E-state index in [1.807, 2.05) is 25.6 Å². The van der Waals surface area contributed by atoms with Gasteiger partial charge in [-0.3, -0.25) is 0 Å². The van der Waals surface area contributed by atoms with E-state index >= 15 is 0 Å². The van der Waals surface area contributed by atoms with Gasteiger partial charge in [-0.25, -0.2) is 14.6 Å². The smallest absolute Gasteiger partial charge is 0.250 e. The fraction of sp³-hybridized carbons (Fsp3) is 0.417. The second kappa shape index (κ2) is 4.25. The molecule has 0 atom stereocenters. The van der Waals surface area contributed by atoms with Crippen molar-refractivity contribution in [3.05, 3.63) is 35.9 Å². The molecule has 0 amide bonds. The normalized spacial score (nSPS) is 15.1. The molecule has 0 saturated heterocycles. The Labute approximate surface area is 99.9 Å². The zero-order valence-electron chi connectivity index (χ0n) is 9.80. The van der Waals surface area contributed by atoms with Crippen molar-refractivity contribution in [3.8, 4) is 5.95 Å². The van der Waals surface area contributed by atoms with Gasteiger partial charge in [0.25, 0.3) is 0 Å². The van der Waals surface area contributed by atoms with Crippen molar-refractivity contribution >= 4 is 0 Å². The number of rotatable bonds is 4. The maximum absolute atomic E-state index is 4.49. The summed E-state index contributed by atoms with van der Waals surface area (Å²) in [6.45, 7) is 0.784. The van der Waals surface area contributed by atoms with E-state index in [1.54, 1.807) is 4.68 Å². The lowest BCUT2D eigenvalue weighted by molar-refractivity contribution is 0.762. The first-order chi connectivity index (χ1) is 8.36. The highest BCUT2D eigenvalue weighted by atomic mass is 15.3. The van der Waals surface area contributed by atoms with E-state index in [9.17, 15) is 0 Å². The lowest BCUT2D eigenvalue weighted by atomic mass is 10.3. The van der Waals surface area contributed by atoms with E-state index in [4.69, 9.17) is 0 Å². The third-order valence-electron chi connectivity index (χ3n) is 2.88.